The van der Waals surface area contributed by atoms with Gasteiger partial charge in [-0.2, -0.15) is 0 Å². The molecule has 1 aliphatic heterocycles. The first-order valence-electron chi connectivity index (χ1n) is 14.3. The predicted octanol–water partition coefficient (Wildman–Crippen LogP) is 5.34. The Hall–Kier alpha value is -2.42. The topological polar surface area (TPSA) is 89.5 Å². The highest BCUT2D eigenvalue weighted by Gasteiger charge is 2.70. The van der Waals surface area contributed by atoms with Crippen LogP contribution in [0.5, 0.6) is 0 Å². The van der Waals surface area contributed by atoms with Crippen molar-refractivity contribution in [2.45, 2.75) is 97.4 Å². The second-order valence-corrected chi connectivity index (χ2v) is 11.6. The third-order valence-corrected chi connectivity index (χ3v) is 8.66. The van der Waals surface area contributed by atoms with Crippen molar-refractivity contribution in [1.82, 2.24) is 0 Å². The Kier molecular flexibility index (Phi) is 9.08. The van der Waals surface area contributed by atoms with Gasteiger partial charge in [0.25, 0.3) is 0 Å². The average molecular weight is 545 g/mol. The molecule has 1 saturated heterocycles. The summed E-state index contributed by atoms with van der Waals surface area (Å²) in [5.41, 5.74) is 0.147. The highest BCUT2D eigenvalue weighted by molar-refractivity contribution is 5.94. The van der Waals surface area contributed by atoms with Gasteiger partial charge in [0.1, 0.15) is 17.8 Å². The highest BCUT2D eigenvalue weighted by Crippen LogP contribution is 2.62. The van der Waals surface area contributed by atoms with Crippen molar-refractivity contribution in [3.8, 4) is 0 Å². The summed E-state index contributed by atoms with van der Waals surface area (Å²) in [6, 6.07) is 10.1. The lowest BCUT2D eigenvalue weighted by Crippen LogP contribution is -2.68. The summed E-state index contributed by atoms with van der Waals surface area (Å²) in [6.07, 6.45) is 3.98. The van der Waals surface area contributed by atoms with Gasteiger partial charge in [-0.1, -0.05) is 57.0 Å². The number of hydrogen-bond acceptors (Lipinski definition) is 8. The molecule has 2 saturated carbocycles. The van der Waals surface area contributed by atoms with Crippen LogP contribution in [0.1, 0.15) is 72.8 Å². The lowest BCUT2D eigenvalue weighted by atomic mass is 9.50. The molecular formula is C31H44O8. The molecule has 0 amide bonds. The van der Waals surface area contributed by atoms with Crippen molar-refractivity contribution >= 4 is 11.9 Å². The van der Waals surface area contributed by atoms with Crippen LogP contribution in [0, 0.1) is 17.3 Å². The minimum atomic E-state index is -0.827. The number of carbonyl (C=O) groups excluding carboxylic acids is 2. The Morgan fingerprint density at radius 2 is 1.77 bits per heavy atom. The monoisotopic (exact) mass is 544 g/mol. The van der Waals surface area contributed by atoms with E-state index in [4.69, 9.17) is 28.4 Å². The molecule has 1 aromatic carbocycles. The number of esters is 2. The van der Waals surface area contributed by atoms with Gasteiger partial charge in [0.15, 0.2) is 5.79 Å². The van der Waals surface area contributed by atoms with Crippen LogP contribution in [0.25, 0.3) is 0 Å². The molecule has 0 bridgehead atoms. The van der Waals surface area contributed by atoms with E-state index < -0.39 is 35.5 Å². The number of ether oxygens (including phenoxy) is 6. The summed E-state index contributed by atoms with van der Waals surface area (Å²) < 4.78 is 36.6. The number of carbonyl (C=O) groups is 2. The molecule has 8 nitrogen and oxygen atoms in total. The van der Waals surface area contributed by atoms with Crippen molar-refractivity contribution in [1.29, 1.82) is 0 Å². The maximum Gasteiger partial charge on any atom is 0.373 e. The fourth-order valence-electron chi connectivity index (χ4n) is 6.90. The van der Waals surface area contributed by atoms with Crippen LogP contribution in [0.15, 0.2) is 42.2 Å². The van der Waals surface area contributed by atoms with E-state index in [0.717, 1.165) is 37.3 Å². The van der Waals surface area contributed by atoms with Crippen LogP contribution >= 0.6 is 0 Å². The molecule has 39 heavy (non-hydrogen) atoms. The van der Waals surface area contributed by atoms with Gasteiger partial charge in [-0.15, -0.1) is 0 Å². The van der Waals surface area contributed by atoms with Crippen LogP contribution < -0.4 is 0 Å². The van der Waals surface area contributed by atoms with Crippen molar-refractivity contribution in [2.75, 3.05) is 19.8 Å². The summed E-state index contributed by atoms with van der Waals surface area (Å²) in [7, 11) is 0. The van der Waals surface area contributed by atoms with Crippen molar-refractivity contribution in [3.63, 3.8) is 0 Å². The summed E-state index contributed by atoms with van der Waals surface area (Å²) >= 11 is 0. The molecule has 0 aromatic heterocycles. The largest absolute Gasteiger partial charge is 0.480 e. The van der Waals surface area contributed by atoms with Crippen LogP contribution in [-0.4, -0.2) is 55.4 Å². The van der Waals surface area contributed by atoms with Gasteiger partial charge in [0.05, 0.1) is 32.5 Å². The summed E-state index contributed by atoms with van der Waals surface area (Å²) in [6.45, 7) is 12.9. The van der Waals surface area contributed by atoms with Gasteiger partial charge < -0.3 is 28.4 Å². The van der Waals surface area contributed by atoms with Crippen LogP contribution in [0.3, 0.4) is 0 Å². The molecular weight excluding hydrogens is 500 g/mol. The molecule has 1 spiro atoms. The van der Waals surface area contributed by atoms with E-state index in [1.165, 1.54) is 0 Å². The normalized spacial score (nSPS) is 33.5. The Morgan fingerprint density at radius 1 is 1.05 bits per heavy atom. The standard InChI is InChI=1S/C31H44O8/c1-7-35-25(32)18-23(28(33)36-8-2)37-26-21(3)30(6,20-34-19-22-14-10-9-11-15-22)24-16-12-13-17-31(24)27(26)38-29(4,5)39-31/h9-11,14-15,18,21,24,26-27H,7-8,12-13,16-17,19-20H2,1-6H3/b23-18+/t21-,24+,26+,27-,30-,31+/m1/s1. The SMILES string of the molecule is CCOC(=O)/C=C(/O[C@H]1[C@@H](C)[C@@](C)(COCc2ccccc2)[C@@H]2CCCC[C@]23OC(C)(C)O[C@H]13)C(=O)OCC. The van der Waals surface area contributed by atoms with Gasteiger partial charge >= 0.3 is 11.9 Å². The van der Waals surface area contributed by atoms with Crippen LogP contribution in [0.2, 0.25) is 0 Å². The van der Waals surface area contributed by atoms with E-state index >= 15 is 0 Å². The van der Waals surface area contributed by atoms with Crippen molar-refractivity contribution in [2.24, 2.45) is 17.3 Å². The maximum atomic E-state index is 12.9. The summed E-state index contributed by atoms with van der Waals surface area (Å²) in [5.74, 6) is -2.32. The highest BCUT2D eigenvalue weighted by atomic mass is 16.8. The fraction of sp³-hybridized carbons (Fsp3) is 0.677. The summed E-state index contributed by atoms with van der Waals surface area (Å²) in [5, 5.41) is 0. The molecule has 0 radical (unpaired) electrons. The third-order valence-electron chi connectivity index (χ3n) is 8.66. The molecule has 3 fully saturated rings. The van der Waals surface area contributed by atoms with E-state index in [2.05, 4.69) is 26.0 Å². The van der Waals surface area contributed by atoms with Gasteiger partial charge in [0, 0.05) is 11.3 Å². The number of benzene rings is 1. The third kappa shape index (κ3) is 6.03. The molecule has 4 rings (SSSR count). The molecule has 0 unspecified atom stereocenters. The smallest absolute Gasteiger partial charge is 0.373 e. The Morgan fingerprint density at radius 3 is 2.46 bits per heavy atom. The second kappa shape index (κ2) is 12.0. The molecule has 1 aromatic rings. The maximum absolute atomic E-state index is 12.9. The van der Waals surface area contributed by atoms with Gasteiger partial charge in [-0.25, -0.2) is 9.59 Å². The molecule has 8 heteroatoms. The first kappa shape index (κ1) is 29.6. The van der Waals surface area contributed by atoms with Gasteiger partial charge in [-0.05, 0) is 52.0 Å². The fourth-order valence-corrected chi connectivity index (χ4v) is 6.90. The molecule has 1 heterocycles. The molecule has 0 N–H and O–H groups in total. The van der Waals surface area contributed by atoms with Crippen LogP contribution in [-0.2, 0) is 44.6 Å². The van der Waals surface area contributed by atoms with Gasteiger partial charge in [0.2, 0.25) is 5.76 Å². The lowest BCUT2D eigenvalue weighted by molar-refractivity contribution is -0.231. The minimum Gasteiger partial charge on any atom is -0.480 e. The van der Waals surface area contributed by atoms with Crippen molar-refractivity contribution < 1.29 is 38.0 Å². The Bertz CT molecular complexity index is 1040. The zero-order valence-corrected chi connectivity index (χ0v) is 24.2. The van der Waals surface area contributed by atoms with Crippen LogP contribution in [0.4, 0.5) is 0 Å². The Labute approximate surface area is 232 Å². The van der Waals surface area contributed by atoms with E-state index in [1.54, 1.807) is 13.8 Å². The number of rotatable bonds is 10. The first-order chi connectivity index (χ1) is 18.6. The quantitative estimate of drug-likeness (QED) is 0.222. The van der Waals surface area contributed by atoms with E-state index in [1.807, 2.05) is 32.0 Å². The van der Waals surface area contributed by atoms with E-state index in [-0.39, 0.29) is 36.2 Å². The zero-order chi connectivity index (χ0) is 28.3. The minimum absolute atomic E-state index is 0.105. The summed E-state index contributed by atoms with van der Waals surface area (Å²) in [4.78, 5) is 25.3. The van der Waals surface area contributed by atoms with Crippen molar-refractivity contribution in [3.05, 3.63) is 47.7 Å². The Balaban J connectivity index is 1.70. The average Bonchev–Trinajstić information content (AvgIpc) is 3.16. The second-order valence-electron chi connectivity index (χ2n) is 11.6. The lowest BCUT2D eigenvalue weighted by Gasteiger charge is -2.60. The molecule has 216 valence electrons. The first-order valence-corrected chi connectivity index (χ1v) is 14.3. The van der Waals surface area contributed by atoms with E-state index in [0.29, 0.717) is 13.2 Å². The number of hydrogen-bond donors (Lipinski definition) is 0. The zero-order valence-electron chi connectivity index (χ0n) is 24.2. The van der Waals surface area contributed by atoms with E-state index in [9.17, 15) is 9.59 Å². The molecule has 6 atom stereocenters. The molecule has 2 aliphatic carbocycles. The molecule has 3 aliphatic rings. The van der Waals surface area contributed by atoms with Gasteiger partial charge in [-0.3, -0.25) is 0 Å². The predicted molar refractivity (Wildman–Crippen MR) is 144 cm³/mol.